The minimum absolute atomic E-state index is 0. The van der Waals surface area contributed by atoms with Gasteiger partial charge in [0, 0.05) is 5.56 Å². The molecule has 0 unspecified atom stereocenters. The minimum atomic E-state index is -0.442. The second-order valence-corrected chi connectivity index (χ2v) is 3.81. The van der Waals surface area contributed by atoms with E-state index in [4.69, 9.17) is 0 Å². The Kier molecular flexibility index (Phi) is 2.61. The van der Waals surface area contributed by atoms with E-state index in [1.807, 2.05) is 30.3 Å². The maximum atomic E-state index is 11.7. The van der Waals surface area contributed by atoms with Gasteiger partial charge in [-0.25, -0.2) is 0 Å². The van der Waals surface area contributed by atoms with Crippen LogP contribution >= 0.6 is 0 Å². The number of benzene rings is 2. The summed E-state index contributed by atoms with van der Waals surface area (Å²) in [5, 5.41) is 2.06. The van der Waals surface area contributed by atoms with E-state index in [-0.39, 0.29) is 6.15 Å². The van der Waals surface area contributed by atoms with Crippen molar-refractivity contribution in [1.29, 1.82) is 0 Å². The maximum absolute atomic E-state index is 11.7. The molecule has 0 saturated heterocycles. The van der Waals surface area contributed by atoms with Crippen molar-refractivity contribution in [3.05, 3.63) is 53.6 Å². The van der Waals surface area contributed by atoms with E-state index in [9.17, 15) is 9.59 Å². The molecule has 0 atom stereocenters. The second kappa shape index (κ2) is 3.96. The summed E-state index contributed by atoms with van der Waals surface area (Å²) in [6.07, 6.45) is 3.03. The molecule has 0 aliphatic heterocycles. The summed E-state index contributed by atoms with van der Waals surface area (Å²) in [5.74, 6) is -0.856. The molecule has 0 amide bonds. The fraction of sp³-hybridized carbons (Fsp3) is 0. The van der Waals surface area contributed by atoms with Crippen LogP contribution in [0.2, 0.25) is 0 Å². The second-order valence-electron chi connectivity index (χ2n) is 3.81. The van der Waals surface area contributed by atoms with E-state index in [0.717, 1.165) is 16.3 Å². The van der Waals surface area contributed by atoms with E-state index in [1.165, 1.54) is 6.08 Å². The van der Waals surface area contributed by atoms with Gasteiger partial charge in [-0.15, -0.1) is 0 Å². The SMILES string of the molecule is N.O=C1C=Cc2cc3ccccc3cc2C1=O. The van der Waals surface area contributed by atoms with Crippen molar-refractivity contribution >= 4 is 28.4 Å². The molecule has 0 fully saturated rings. The molecule has 3 rings (SSSR count). The number of fused-ring (bicyclic) bond motifs is 2. The standard InChI is InChI=1S/C14H8O2.H3N/c15-13-6-5-11-7-9-3-1-2-4-10(9)8-12(11)14(13)16;/h1-8H;1H3. The zero-order valence-electron chi connectivity index (χ0n) is 9.14. The van der Waals surface area contributed by atoms with Crippen LogP contribution in [0.15, 0.2) is 42.5 Å². The molecular weight excluding hydrogens is 214 g/mol. The van der Waals surface area contributed by atoms with Crippen molar-refractivity contribution in [2.24, 2.45) is 0 Å². The Labute approximate surface area is 98.3 Å². The Bertz CT molecular complexity index is 656. The van der Waals surface area contributed by atoms with Crippen LogP contribution in [0.25, 0.3) is 16.8 Å². The Hall–Kier alpha value is -2.26. The first-order valence-corrected chi connectivity index (χ1v) is 5.05. The lowest BCUT2D eigenvalue weighted by molar-refractivity contribution is -0.110. The summed E-state index contributed by atoms with van der Waals surface area (Å²) in [7, 11) is 0. The molecule has 17 heavy (non-hydrogen) atoms. The number of hydrogen-bond donors (Lipinski definition) is 1. The number of ketones is 2. The molecule has 3 nitrogen and oxygen atoms in total. The third kappa shape index (κ3) is 1.66. The molecule has 0 bridgehead atoms. The van der Waals surface area contributed by atoms with E-state index in [2.05, 4.69) is 0 Å². The predicted molar refractivity (Wildman–Crippen MR) is 67.3 cm³/mol. The maximum Gasteiger partial charge on any atom is 0.233 e. The van der Waals surface area contributed by atoms with Crippen LogP contribution in [-0.2, 0) is 4.79 Å². The molecular formula is C14H11NO2. The molecule has 1 aliphatic carbocycles. The van der Waals surface area contributed by atoms with Gasteiger partial charge in [-0.3, -0.25) is 9.59 Å². The first-order chi connectivity index (χ1) is 7.75. The molecule has 2 aromatic rings. The number of rotatable bonds is 0. The molecule has 3 N–H and O–H groups in total. The lowest BCUT2D eigenvalue weighted by atomic mass is 9.92. The van der Waals surface area contributed by atoms with Gasteiger partial charge in [-0.1, -0.05) is 30.3 Å². The third-order valence-corrected chi connectivity index (χ3v) is 2.80. The molecule has 0 spiro atoms. The fourth-order valence-electron chi connectivity index (χ4n) is 1.97. The molecule has 0 radical (unpaired) electrons. The monoisotopic (exact) mass is 225 g/mol. The van der Waals surface area contributed by atoms with Crippen LogP contribution < -0.4 is 6.15 Å². The van der Waals surface area contributed by atoms with Crippen molar-refractivity contribution in [1.82, 2.24) is 6.15 Å². The number of carbonyl (C=O) groups is 2. The highest BCUT2D eigenvalue weighted by atomic mass is 16.2. The quantitative estimate of drug-likeness (QED) is 0.701. The summed E-state index contributed by atoms with van der Waals surface area (Å²) in [4.78, 5) is 22.9. The smallest absolute Gasteiger partial charge is 0.233 e. The summed E-state index contributed by atoms with van der Waals surface area (Å²) in [5.41, 5.74) is 1.33. The van der Waals surface area contributed by atoms with Gasteiger partial charge >= 0.3 is 0 Å². The fourth-order valence-corrected chi connectivity index (χ4v) is 1.97. The topological polar surface area (TPSA) is 69.1 Å². The van der Waals surface area contributed by atoms with Gasteiger partial charge in [0.25, 0.3) is 0 Å². The normalized spacial score (nSPS) is 13.4. The molecule has 0 aromatic heterocycles. The molecule has 0 heterocycles. The highest BCUT2D eigenvalue weighted by molar-refractivity contribution is 6.50. The Morgan fingerprint density at radius 1 is 0.824 bits per heavy atom. The summed E-state index contributed by atoms with van der Waals surface area (Å²) in [6.45, 7) is 0. The minimum Gasteiger partial charge on any atom is -0.344 e. The number of allylic oxidation sites excluding steroid dienone is 1. The van der Waals surface area contributed by atoms with Crippen molar-refractivity contribution in [2.75, 3.05) is 0 Å². The molecule has 3 heteroatoms. The Morgan fingerprint density at radius 3 is 2.18 bits per heavy atom. The molecule has 84 valence electrons. The predicted octanol–water partition coefficient (Wildman–Crippen LogP) is 2.78. The van der Waals surface area contributed by atoms with Gasteiger partial charge in [-0.05, 0) is 34.5 Å². The molecule has 1 aliphatic rings. The molecule has 2 aromatic carbocycles. The van der Waals surface area contributed by atoms with Crippen LogP contribution in [-0.4, -0.2) is 11.6 Å². The van der Waals surface area contributed by atoms with Gasteiger partial charge in [0.2, 0.25) is 11.6 Å². The lowest BCUT2D eigenvalue weighted by Gasteiger charge is -2.09. The lowest BCUT2D eigenvalue weighted by Crippen LogP contribution is -2.15. The van der Waals surface area contributed by atoms with E-state index < -0.39 is 11.6 Å². The summed E-state index contributed by atoms with van der Waals surface area (Å²) in [6, 6.07) is 11.5. The van der Waals surface area contributed by atoms with Gasteiger partial charge < -0.3 is 6.15 Å². The van der Waals surface area contributed by atoms with Crippen LogP contribution in [0.4, 0.5) is 0 Å². The highest BCUT2D eigenvalue weighted by Gasteiger charge is 2.20. The van der Waals surface area contributed by atoms with Crippen molar-refractivity contribution in [3.63, 3.8) is 0 Å². The van der Waals surface area contributed by atoms with Gasteiger partial charge in [-0.2, -0.15) is 0 Å². The number of Topliss-reactive ketones (excluding diaryl/α,β-unsaturated/α-hetero) is 1. The van der Waals surface area contributed by atoms with E-state index >= 15 is 0 Å². The summed E-state index contributed by atoms with van der Waals surface area (Å²) >= 11 is 0. The largest absolute Gasteiger partial charge is 0.344 e. The van der Waals surface area contributed by atoms with E-state index in [1.54, 1.807) is 12.1 Å². The van der Waals surface area contributed by atoms with E-state index in [0.29, 0.717) is 5.56 Å². The van der Waals surface area contributed by atoms with Crippen LogP contribution in [0, 0.1) is 0 Å². The van der Waals surface area contributed by atoms with Crippen LogP contribution in [0.1, 0.15) is 15.9 Å². The zero-order chi connectivity index (χ0) is 11.1. The Morgan fingerprint density at radius 2 is 1.47 bits per heavy atom. The van der Waals surface area contributed by atoms with Gasteiger partial charge in [0.1, 0.15) is 0 Å². The van der Waals surface area contributed by atoms with Crippen LogP contribution in [0.3, 0.4) is 0 Å². The van der Waals surface area contributed by atoms with Gasteiger partial charge in [0.05, 0.1) is 0 Å². The van der Waals surface area contributed by atoms with Gasteiger partial charge in [0.15, 0.2) is 0 Å². The third-order valence-electron chi connectivity index (χ3n) is 2.80. The van der Waals surface area contributed by atoms with Crippen molar-refractivity contribution < 1.29 is 9.59 Å². The highest BCUT2D eigenvalue weighted by Crippen LogP contribution is 2.24. The Balaban J connectivity index is 0.00000108. The first kappa shape index (κ1) is 11.2. The van der Waals surface area contributed by atoms with Crippen LogP contribution in [0.5, 0.6) is 0 Å². The number of hydrogen-bond acceptors (Lipinski definition) is 3. The zero-order valence-corrected chi connectivity index (χ0v) is 9.14. The average Bonchev–Trinajstić information content (AvgIpc) is 2.32. The molecule has 0 saturated carbocycles. The average molecular weight is 225 g/mol. The summed E-state index contributed by atoms with van der Waals surface area (Å²) < 4.78 is 0. The number of carbonyl (C=O) groups excluding carboxylic acids is 2. The van der Waals surface area contributed by atoms with Crippen molar-refractivity contribution in [2.45, 2.75) is 0 Å². The first-order valence-electron chi connectivity index (χ1n) is 5.05. The van der Waals surface area contributed by atoms with Crippen molar-refractivity contribution in [3.8, 4) is 0 Å².